The van der Waals surface area contributed by atoms with Gasteiger partial charge >= 0.3 is 0 Å². The van der Waals surface area contributed by atoms with Crippen LogP contribution in [0.4, 0.5) is 0 Å². The molecule has 2 aliphatic rings. The zero-order valence-electron chi connectivity index (χ0n) is 61.7. The molecule has 4 aromatic carbocycles. The van der Waals surface area contributed by atoms with Gasteiger partial charge in [-0.25, -0.2) is 0 Å². The van der Waals surface area contributed by atoms with Crippen molar-refractivity contribution in [3.05, 3.63) is 166 Å². The minimum Gasteiger partial charge on any atom is -0.507 e. The van der Waals surface area contributed by atoms with E-state index in [0.29, 0.717) is 95.0 Å². The Morgan fingerprint density at radius 1 is 0.359 bits per heavy atom. The number of nitrogens with one attached hydrogen (secondary N) is 3. The van der Waals surface area contributed by atoms with Gasteiger partial charge in [0, 0.05) is 157 Å². The summed E-state index contributed by atoms with van der Waals surface area (Å²) in [5, 5.41) is 57.3. The van der Waals surface area contributed by atoms with Crippen LogP contribution in [0.5, 0.6) is 23.0 Å². The normalized spacial score (nSPS) is 19.3. The van der Waals surface area contributed by atoms with Crippen LogP contribution in [0.1, 0.15) is 218 Å². The average molecular weight is 1260 g/mol. The van der Waals surface area contributed by atoms with Gasteiger partial charge in [0.2, 0.25) is 0 Å². The minimum absolute atomic E-state index is 0.00170. The molecule has 11 nitrogen and oxygen atoms in total. The van der Waals surface area contributed by atoms with Crippen molar-refractivity contribution in [2.45, 2.75) is 225 Å². The molecular weight excluding hydrogens is 1130 g/mol. The molecular formula is C81H129N7O4. The van der Waals surface area contributed by atoms with Crippen LogP contribution in [0.25, 0.3) is 0 Å². The van der Waals surface area contributed by atoms with Gasteiger partial charge in [-0.3, -0.25) is 19.6 Å². The highest BCUT2D eigenvalue weighted by molar-refractivity contribution is 5.49. The van der Waals surface area contributed by atoms with Crippen molar-refractivity contribution in [3.8, 4) is 23.0 Å². The first-order chi connectivity index (χ1) is 42.5. The molecule has 0 aliphatic carbocycles. The molecule has 2 heterocycles. The van der Waals surface area contributed by atoms with Gasteiger partial charge in [-0.1, -0.05) is 211 Å². The maximum atomic E-state index is 12.0. The van der Waals surface area contributed by atoms with E-state index in [1.54, 1.807) is 0 Å². The third kappa shape index (κ3) is 23.6. The Labute approximate surface area is 561 Å². The summed E-state index contributed by atoms with van der Waals surface area (Å²) in [7, 11) is 0. The molecule has 0 spiro atoms. The summed E-state index contributed by atoms with van der Waals surface area (Å²) in [5.74, 6) is 1.61. The fraction of sp³-hybridized carbons (Fsp3) is 0.605. The largest absolute Gasteiger partial charge is 0.507 e. The van der Waals surface area contributed by atoms with Gasteiger partial charge < -0.3 is 36.4 Å². The predicted molar refractivity (Wildman–Crippen MR) is 392 cm³/mol. The lowest BCUT2D eigenvalue weighted by molar-refractivity contribution is 0.121. The molecule has 0 unspecified atom stereocenters. The Hall–Kier alpha value is -5.24. The van der Waals surface area contributed by atoms with E-state index in [4.69, 9.17) is 0 Å². The van der Waals surface area contributed by atoms with Crippen LogP contribution >= 0.6 is 0 Å². The average Bonchev–Trinajstić information content (AvgIpc) is 0.832. The van der Waals surface area contributed by atoms with Gasteiger partial charge in [-0.05, 0) is 90.4 Å². The molecule has 512 valence electrons. The lowest BCUT2D eigenvalue weighted by Gasteiger charge is -2.38. The van der Waals surface area contributed by atoms with Gasteiger partial charge in [-0.2, -0.15) is 0 Å². The Kier molecular flexibility index (Phi) is 26.9. The third-order valence-electron chi connectivity index (χ3n) is 18.3. The Bertz CT molecular complexity index is 2740. The zero-order chi connectivity index (χ0) is 69.0. The van der Waals surface area contributed by atoms with E-state index < -0.39 is 0 Å². The molecule has 2 aliphatic heterocycles. The van der Waals surface area contributed by atoms with Crippen LogP contribution in [0.2, 0.25) is 0 Å². The first kappa shape index (κ1) is 77.5. The summed E-state index contributed by atoms with van der Waals surface area (Å²) in [6.45, 7) is 74.4. The molecule has 7 N–H and O–H groups in total. The van der Waals surface area contributed by atoms with E-state index in [1.165, 1.54) is 22.3 Å². The van der Waals surface area contributed by atoms with E-state index >= 15 is 0 Å². The Morgan fingerprint density at radius 3 is 0.848 bits per heavy atom. The number of benzene rings is 4. The van der Waals surface area contributed by atoms with Gasteiger partial charge in [0.15, 0.2) is 0 Å². The van der Waals surface area contributed by atoms with E-state index in [9.17, 15) is 20.4 Å². The number of rotatable bonds is 8. The number of aromatic hydroxyl groups is 4. The molecule has 11 heteroatoms. The number of hydrogen-bond acceptors (Lipinski definition) is 11. The van der Waals surface area contributed by atoms with Crippen LogP contribution in [0.3, 0.4) is 0 Å². The Balaban J connectivity index is 0.000000345. The van der Waals surface area contributed by atoms with Crippen molar-refractivity contribution >= 4 is 0 Å². The number of phenolic OH excluding ortho intramolecular Hbond substituents is 4. The topological polar surface area (TPSA) is 130 Å². The van der Waals surface area contributed by atoms with Gasteiger partial charge in [0.25, 0.3) is 0 Å². The van der Waals surface area contributed by atoms with E-state index in [0.717, 1.165) is 110 Å². The maximum Gasteiger partial charge on any atom is 0.124 e. The molecule has 0 aromatic heterocycles. The van der Waals surface area contributed by atoms with E-state index in [2.05, 4.69) is 249 Å². The van der Waals surface area contributed by atoms with E-state index in [1.807, 2.05) is 24.3 Å². The number of nitrogens with zero attached hydrogens (tertiary/aromatic N) is 4. The number of hydrogen-bond donors (Lipinski definition) is 7. The number of phenols is 4. The summed E-state index contributed by atoms with van der Waals surface area (Å²) >= 11 is 0. The lowest BCUT2D eigenvalue weighted by atomic mass is 9.82. The highest BCUT2D eigenvalue weighted by Crippen LogP contribution is 2.39. The summed E-state index contributed by atoms with van der Waals surface area (Å²) in [6, 6.07) is 17.5. The number of fused-ring (bicyclic) bond motifs is 8. The van der Waals surface area contributed by atoms with Crippen molar-refractivity contribution in [1.82, 2.24) is 35.6 Å². The van der Waals surface area contributed by atoms with Gasteiger partial charge in [0.05, 0.1) is 0 Å². The highest BCUT2D eigenvalue weighted by atomic mass is 16.3. The van der Waals surface area contributed by atoms with Crippen molar-refractivity contribution in [1.29, 1.82) is 0 Å². The molecule has 0 radical (unpaired) electrons. The molecule has 0 fully saturated rings. The van der Waals surface area contributed by atoms with Gasteiger partial charge in [-0.15, -0.1) is 26.3 Å². The van der Waals surface area contributed by atoms with Gasteiger partial charge in [0.1, 0.15) is 23.0 Å². The second-order valence-electron chi connectivity index (χ2n) is 34.7. The minimum atomic E-state index is -0.125. The van der Waals surface area contributed by atoms with Crippen LogP contribution in [0.15, 0.2) is 99.2 Å². The zero-order valence-corrected chi connectivity index (χ0v) is 61.7. The van der Waals surface area contributed by atoms with Crippen LogP contribution in [-0.4, -0.2) is 112 Å². The molecule has 0 saturated carbocycles. The molecule has 0 amide bonds. The molecule has 0 atom stereocenters. The quantitative estimate of drug-likeness (QED) is 0.0852. The molecule has 8 bridgehead atoms. The third-order valence-corrected chi connectivity index (χ3v) is 18.3. The second-order valence-corrected chi connectivity index (χ2v) is 34.7. The summed E-state index contributed by atoms with van der Waals surface area (Å²) < 4.78 is 0. The summed E-state index contributed by atoms with van der Waals surface area (Å²) in [6.07, 6.45) is 10.8. The van der Waals surface area contributed by atoms with Crippen LogP contribution in [0, 0.1) is 21.7 Å². The molecule has 92 heavy (non-hydrogen) atoms. The first-order valence-electron chi connectivity index (χ1n) is 34.4. The highest BCUT2D eigenvalue weighted by Gasteiger charge is 2.32. The number of aryl methyl sites for hydroxylation is 1. The van der Waals surface area contributed by atoms with Crippen molar-refractivity contribution in [2.75, 3.05) is 72.0 Å². The van der Waals surface area contributed by atoms with Crippen molar-refractivity contribution < 1.29 is 20.4 Å². The fourth-order valence-electron chi connectivity index (χ4n) is 13.3. The summed E-state index contributed by atoms with van der Waals surface area (Å²) in [4.78, 5) is 9.60. The monoisotopic (exact) mass is 1260 g/mol. The van der Waals surface area contributed by atoms with Crippen molar-refractivity contribution in [3.63, 3.8) is 0 Å². The molecule has 6 rings (SSSR count). The van der Waals surface area contributed by atoms with Crippen LogP contribution in [-0.2, 0) is 73.9 Å². The maximum absolute atomic E-state index is 12.0. The van der Waals surface area contributed by atoms with E-state index in [-0.39, 0.29) is 43.3 Å². The second kappa shape index (κ2) is 32.0. The molecule has 0 saturated heterocycles. The molecule has 4 aromatic rings. The first-order valence-corrected chi connectivity index (χ1v) is 34.4. The SMILES string of the molecule is C=CCN1Cc2cc(C(C)(C)C)cc(c2O)CN(CC=C)CC(C)(C)CN(CC=C)Cc2cc(C(C)(C)C)cc(c2O)CN(CC=C)CC(C)(C)C1.CC1(C)CCCc2cc(C(C)(C)C)cc(c2O)CNCC(C)(C)CNCc2cc(C(C)(C)C)cc(c2O)CNC1. The van der Waals surface area contributed by atoms with Crippen LogP contribution < -0.4 is 16.0 Å². The lowest BCUT2D eigenvalue weighted by Crippen LogP contribution is -2.43. The standard InChI is InChI=1S/C46H72N4O2.C35H57N3O2/c1-15-19-47-27-35-23-39(43(5,6)7)24-36(41(35)51)28-49(21-17-3)33-46(13,14)34-50(22-18-4)30-38-26-40(44(8,9)10)25-37(42(38)52)29-48(20-16-2)32-45(11,12)31-47;1-32(2,3)28-14-24-12-11-13-34(7,8)21-36-19-26-16-29(33(4,5)6)17-27(31(26)40)20-38-23-35(9,10)22-37-18-25(15-28)30(24)39/h15-18,23-26,51-52H,1-4,19-22,27-34H2,5-14H3;14-17,36-40H,11-13,18-23H2,1-10H3. The Morgan fingerprint density at radius 2 is 0.587 bits per heavy atom. The summed E-state index contributed by atoms with van der Waals surface area (Å²) in [5.41, 5.74) is 12.4. The smallest absolute Gasteiger partial charge is 0.124 e. The van der Waals surface area contributed by atoms with Crippen molar-refractivity contribution in [2.24, 2.45) is 21.7 Å². The predicted octanol–water partition coefficient (Wildman–Crippen LogP) is 16.5. The fourth-order valence-corrected chi connectivity index (χ4v) is 13.3.